The van der Waals surface area contributed by atoms with Crippen LogP contribution in [0.4, 0.5) is 0 Å². The Bertz CT molecular complexity index is 638. The van der Waals surface area contributed by atoms with Crippen LogP contribution in [0.25, 0.3) is 0 Å². The molecule has 1 N–H and O–H groups in total. The second-order valence-electron chi connectivity index (χ2n) is 6.49. The first-order chi connectivity index (χ1) is 10.8. The number of nitrogens with one attached hydrogen (secondary N) is 1. The second kappa shape index (κ2) is 5.59. The molecular weight excluding hydrogens is 274 g/mol. The summed E-state index contributed by atoms with van der Waals surface area (Å²) < 4.78 is 0. The normalized spacial score (nSPS) is 27.6. The number of aromatic nitrogens is 2. The molecule has 4 nitrogen and oxygen atoms in total. The molecule has 1 saturated carbocycles. The van der Waals surface area contributed by atoms with Crippen LogP contribution in [0.1, 0.15) is 42.4 Å². The van der Waals surface area contributed by atoms with Gasteiger partial charge in [0.2, 0.25) is 5.91 Å². The Kier molecular flexibility index (Phi) is 3.45. The predicted octanol–water partition coefficient (Wildman–Crippen LogP) is 2.92. The molecule has 2 heterocycles. The van der Waals surface area contributed by atoms with Crippen LogP contribution in [0, 0.1) is 5.92 Å². The molecule has 2 aromatic rings. The van der Waals surface area contributed by atoms with Crippen LogP contribution in [-0.2, 0) is 4.79 Å². The highest BCUT2D eigenvalue weighted by atomic mass is 16.2. The van der Waals surface area contributed by atoms with Crippen molar-refractivity contribution in [1.29, 1.82) is 0 Å². The van der Waals surface area contributed by atoms with Crippen LogP contribution in [0.5, 0.6) is 0 Å². The topological polar surface area (TPSA) is 49.0 Å². The lowest BCUT2D eigenvalue weighted by atomic mass is 9.94. The number of aromatic amines is 1. The highest BCUT2D eigenvalue weighted by Crippen LogP contribution is 2.48. The average Bonchev–Trinajstić information content (AvgIpc) is 3.19. The van der Waals surface area contributed by atoms with Crippen molar-refractivity contribution < 1.29 is 4.79 Å². The summed E-state index contributed by atoms with van der Waals surface area (Å²) in [4.78, 5) is 14.8. The van der Waals surface area contributed by atoms with Crippen molar-refractivity contribution >= 4 is 5.91 Å². The maximum atomic E-state index is 12.8. The zero-order valence-electron chi connectivity index (χ0n) is 12.6. The van der Waals surface area contributed by atoms with Crippen LogP contribution >= 0.6 is 0 Å². The standard InChI is InChI=1S/C18H21N3O/c22-18(16-11-15(16)13-5-2-1-3-6-13)21-10-4-7-14(12-21)17-8-9-19-20-17/h1-3,5-6,8-9,14-16H,4,7,10-12H2,(H,19,20)/t14-,15-,16+/m0/s1. The smallest absolute Gasteiger partial charge is 0.226 e. The highest BCUT2D eigenvalue weighted by molar-refractivity contribution is 5.83. The molecule has 0 bridgehead atoms. The van der Waals surface area contributed by atoms with E-state index in [4.69, 9.17) is 0 Å². The van der Waals surface area contributed by atoms with E-state index in [2.05, 4.69) is 39.4 Å². The summed E-state index contributed by atoms with van der Waals surface area (Å²) >= 11 is 0. The summed E-state index contributed by atoms with van der Waals surface area (Å²) in [6.07, 6.45) is 5.02. The molecule has 1 aromatic carbocycles. The third-order valence-electron chi connectivity index (χ3n) is 5.03. The fourth-order valence-corrected chi connectivity index (χ4v) is 3.70. The Balaban J connectivity index is 1.41. The first-order valence-electron chi connectivity index (χ1n) is 8.16. The number of benzene rings is 1. The van der Waals surface area contributed by atoms with Gasteiger partial charge >= 0.3 is 0 Å². The van der Waals surface area contributed by atoms with Gasteiger partial charge in [-0.1, -0.05) is 30.3 Å². The lowest BCUT2D eigenvalue weighted by Crippen LogP contribution is -2.40. The molecule has 4 heteroatoms. The van der Waals surface area contributed by atoms with Gasteiger partial charge in [-0.15, -0.1) is 0 Å². The number of carbonyl (C=O) groups excluding carboxylic acids is 1. The molecule has 22 heavy (non-hydrogen) atoms. The molecule has 1 saturated heterocycles. The van der Waals surface area contributed by atoms with E-state index >= 15 is 0 Å². The van der Waals surface area contributed by atoms with Crippen LogP contribution in [0.3, 0.4) is 0 Å². The van der Waals surface area contributed by atoms with Gasteiger partial charge in [0.15, 0.2) is 0 Å². The van der Waals surface area contributed by atoms with Gasteiger partial charge in [-0.05, 0) is 36.8 Å². The Morgan fingerprint density at radius 2 is 2.09 bits per heavy atom. The number of amides is 1. The van der Waals surface area contributed by atoms with Crippen LogP contribution in [0.15, 0.2) is 42.6 Å². The quantitative estimate of drug-likeness (QED) is 0.946. The van der Waals surface area contributed by atoms with Crippen molar-refractivity contribution in [3.05, 3.63) is 53.9 Å². The van der Waals surface area contributed by atoms with E-state index in [-0.39, 0.29) is 5.92 Å². The zero-order valence-corrected chi connectivity index (χ0v) is 12.6. The molecule has 1 aromatic heterocycles. The van der Waals surface area contributed by atoms with Crippen molar-refractivity contribution in [2.45, 2.75) is 31.1 Å². The number of nitrogens with zero attached hydrogens (tertiary/aromatic N) is 2. The molecule has 0 spiro atoms. The molecule has 1 aliphatic carbocycles. The molecule has 4 rings (SSSR count). The second-order valence-corrected chi connectivity index (χ2v) is 6.49. The van der Waals surface area contributed by atoms with Crippen molar-refractivity contribution in [3.8, 4) is 0 Å². The predicted molar refractivity (Wildman–Crippen MR) is 84.4 cm³/mol. The number of likely N-dealkylation sites (tertiary alicyclic amines) is 1. The number of hydrogen-bond acceptors (Lipinski definition) is 2. The van der Waals surface area contributed by atoms with Gasteiger partial charge in [0.1, 0.15) is 0 Å². The summed E-state index contributed by atoms with van der Waals surface area (Å²) in [5.74, 6) is 1.39. The molecule has 3 atom stereocenters. The molecule has 0 radical (unpaired) electrons. The SMILES string of the molecule is O=C([C@@H]1C[C@H]1c1ccccc1)N1CCC[C@H](c2ccn[nH]2)C1. The Morgan fingerprint density at radius 3 is 2.86 bits per heavy atom. The van der Waals surface area contributed by atoms with Crippen molar-refractivity contribution in [1.82, 2.24) is 15.1 Å². The summed E-state index contributed by atoms with van der Waals surface area (Å²) in [6.45, 7) is 1.74. The van der Waals surface area contributed by atoms with Gasteiger partial charge in [-0.25, -0.2) is 0 Å². The first-order valence-corrected chi connectivity index (χ1v) is 8.16. The fraction of sp³-hybridized carbons (Fsp3) is 0.444. The van der Waals surface area contributed by atoms with Gasteiger partial charge in [-0.3, -0.25) is 9.89 Å². The summed E-state index contributed by atoms with van der Waals surface area (Å²) in [7, 11) is 0. The van der Waals surface area contributed by atoms with E-state index in [1.165, 1.54) is 5.56 Å². The van der Waals surface area contributed by atoms with Crippen molar-refractivity contribution in [3.63, 3.8) is 0 Å². The third-order valence-corrected chi connectivity index (χ3v) is 5.03. The maximum absolute atomic E-state index is 12.8. The Hall–Kier alpha value is -2.10. The zero-order chi connectivity index (χ0) is 14.9. The van der Waals surface area contributed by atoms with E-state index in [0.717, 1.165) is 38.0 Å². The lowest BCUT2D eigenvalue weighted by molar-refractivity contribution is -0.133. The van der Waals surface area contributed by atoms with Crippen molar-refractivity contribution in [2.75, 3.05) is 13.1 Å². The molecule has 0 unspecified atom stereocenters. The van der Waals surface area contributed by atoms with Crippen LogP contribution < -0.4 is 0 Å². The van der Waals surface area contributed by atoms with E-state index in [0.29, 0.717) is 17.7 Å². The van der Waals surface area contributed by atoms with E-state index in [9.17, 15) is 4.79 Å². The average molecular weight is 295 g/mol. The maximum Gasteiger partial charge on any atom is 0.226 e. The van der Waals surface area contributed by atoms with Crippen molar-refractivity contribution in [2.24, 2.45) is 5.92 Å². The number of rotatable bonds is 3. The molecule has 2 aliphatic rings. The molecule has 114 valence electrons. The van der Waals surface area contributed by atoms with E-state index in [1.54, 1.807) is 6.20 Å². The van der Waals surface area contributed by atoms with Gasteiger partial charge in [0.25, 0.3) is 0 Å². The molecule has 2 fully saturated rings. The molecular formula is C18H21N3O. The summed E-state index contributed by atoms with van der Waals surface area (Å²) in [6, 6.07) is 12.5. The van der Waals surface area contributed by atoms with E-state index < -0.39 is 0 Å². The minimum absolute atomic E-state index is 0.197. The number of H-pyrrole nitrogens is 1. The minimum atomic E-state index is 0.197. The summed E-state index contributed by atoms with van der Waals surface area (Å²) in [5.41, 5.74) is 2.47. The highest BCUT2D eigenvalue weighted by Gasteiger charge is 2.46. The van der Waals surface area contributed by atoms with Crippen LogP contribution in [0.2, 0.25) is 0 Å². The number of piperidine rings is 1. The minimum Gasteiger partial charge on any atom is -0.342 e. The van der Waals surface area contributed by atoms with E-state index in [1.807, 2.05) is 12.1 Å². The van der Waals surface area contributed by atoms with Gasteiger partial charge < -0.3 is 4.90 Å². The monoisotopic (exact) mass is 295 g/mol. The van der Waals surface area contributed by atoms with Gasteiger partial charge in [0.05, 0.1) is 0 Å². The molecule has 1 amide bonds. The van der Waals surface area contributed by atoms with Crippen LogP contribution in [-0.4, -0.2) is 34.1 Å². The Labute approximate surface area is 130 Å². The Morgan fingerprint density at radius 1 is 1.23 bits per heavy atom. The first kappa shape index (κ1) is 13.6. The fourth-order valence-electron chi connectivity index (χ4n) is 3.70. The lowest BCUT2D eigenvalue weighted by Gasteiger charge is -2.32. The number of carbonyl (C=O) groups is 1. The summed E-state index contributed by atoms with van der Waals surface area (Å²) in [5, 5.41) is 7.10. The van der Waals surface area contributed by atoms with Gasteiger partial charge in [-0.2, -0.15) is 5.10 Å². The third kappa shape index (κ3) is 2.54. The van der Waals surface area contributed by atoms with Gasteiger partial charge in [0, 0.05) is 36.8 Å². The number of hydrogen-bond donors (Lipinski definition) is 1. The largest absolute Gasteiger partial charge is 0.342 e. The molecule has 1 aliphatic heterocycles.